The van der Waals surface area contributed by atoms with Gasteiger partial charge in [0.2, 0.25) is 5.22 Å². The van der Waals surface area contributed by atoms with Crippen LogP contribution in [0.15, 0.2) is 15.3 Å². The van der Waals surface area contributed by atoms with Crippen LogP contribution in [0.2, 0.25) is 5.22 Å². The fourth-order valence-electron chi connectivity index (χ4n) is 0.650. The van der Waals surface area contributed by atoms with Gasteiger partial charge in [-0.15, -0.1) is 0 Å². The van der Waals surface area contributed by atoms with Gasteiger partial charge < -0.3 is 14.6 Å². The van der Waals surface area contributed by atoms with E-state index in [1.54, 1.807) is 0 Å². The molecule has 1 rings (SSSR count). The molecular formula is C6H3ClO5. The van der Waals surface area contributed by atoms with Crippen LogP contribution >= 0.6 is 11.6 Å². The SMILES string of the molecule is O=C(O)c1c(O)cc(Cl)oc1=O. The van der Waals surface area contributed by atoms with E-state index in [1.165, 1.54) is 0 Å². The molecule has 2 N–H and O–H groups in total. The standard InChI is InChI=1S/C6H3ClO5/c7-3-1-2(8)4(5(9)10)6(11)12-3/h1,8H,(H,9,10). The number of carboxylic acids is 1. The van der Waals surface area contributed by atoms with Crippen LogP contribution in [0.25, 0.3) is 0 Å². The Kier molecular flexibility index (Phi) is 2.05. The molecule has 0 spiro atoms. The number of halogens is 1. The first-order valence-electron chi connectivity index (χ1n) is 2.78. The topological polar surface area (TPSA) is 87.7 Å². The Hall–Kier alpha value is -1.49. The van der Waals surface area contributed by atoms with Gasteiger partial charge in [0, 0.05) is 6.07 Å². The highest BCUT2D eigenvalue weighted by Crippen LogP contribution is 2.17. The smallest absolute Gasteiger partial charge is 0.355 e. The molecule has 0 atom stereocenters. The van der Waals surface area contributed by atoms with Crippen molar-refractivity contribution >= 4 is 17.6 Å². The molecule has 12 heavy (non-hydrogen) atoms. The number of aromatic hydroxyl groups is 1. The zero-order valence-corrected chi connectivity index (χ0v) is 6.33. The predicted molar refractivity (Wildman–Crippen MR) is 38.6 cm³/mol. The van der Waals surface area contributed by atoms with Crippen molar-refractivity contribution in [3.63, 3.8) is 0 Å². The summed E-state index contributed by atoms with van der Waals surface area (Å²) in [7, 11) is 0. The summed E-state index contributed by atoms with van der Waals surface area (Å²) in [5, 5.41) is 16.9. The Bertz CT molecular complexity index is 380. The van der Waals surface area contributed by atoms with Crippen molar-refractivity contribution < 1.29 is 19.4 Å². The number of hydrogen-bond donors (Lipinski definition) is 2. The van der Waals surface area contributed by atoms with E-state index < -0.39 is 22.9 Å². The summed E-state index contributed by atoms with van der Waals surface area (Å²) >= 11 is 5.21. The Morgan fingerprint density at radius 2 is 2.17 bits per heavy atom. The van der Waals surface area contributed by atoms with Crippen LogP contribution in [0, 0.1) is 0 Å². The van der Waals surface area contributed by atoms with E-state index in [2.05, 4.69) is 4.42 Å². The largest absolute Gasteiger partial charge is 0.507 e. The van der Waals surface area contributed by atoms with Gasteiger partial charge in [0.1, 0.15) is 5.75 Å². The first-order chi connectivity index (χ1) is 5.52. The lowest BCUT2D eigenvalue weighted by Gasteiger charge is -1.95. The van der Waals surface area contributed by atoms with Crippen molar-refractivity contribution in [1.82, 2.24) is 0 Å². The fraction of sp³-hybridized carbons (Fsp3) is 0. The Balaban J connectivity index is 3.49. The normalized spacial score (nSPS) is 9.75. The first-order valence-corrected chi connectivity index (χ1v) is 3.16. The molecule has 0 aromatic carbocycles. The summed E-state index contributed by atoms with van der Waals surface area (Å²) in [6.07, 6.45) is 0. The molecule has 0 saturated carbocycles. The summed E-state index contributed by atoms with van der Waals surface area (Å²) in [4.78, 5) is 21.0. The average molecular weight is 191 g/mol. The second-order valence-electron chi connectivity index (χ2n) is 1.90. The summed E-state index contributed by atoms with van der Waals surface area (Å²) in [6.45, 7) is 0. The first kappa shape index (κ1) is 8.61. The molecule has 0 saturated heterocycles. The maximum Gasteiger partial charge on any atom is 0.355 e. The quantitative estimate of drug-likeness (QED) is 0.681. The van der Waals surface area contributed by atoms with Crippen molar-refractivity contribution in [2.75, 3.05) is 0 Å². The molecule has 0 unspecified atom stereocenters. The lowest BCUT2D eigenvalue weighted by molar-refractivity contribution is 0.0688. The second-order valence-corrected chi connectivity index (χ2v) is 2.28. The van der Waals surface area contributed by atoms with Crippen molar-refractivity contribution in [1.29, 1.82) is 0 Å². The monoisotopic (exact) mass is 190 g/mol. The zero-order valence-electron chi connectivity index (χ0n) is 5.57. The van der Waals surface area contributed by atoms with Gasteiger partial charge in [0.05, 0.1) is 0 Å². The molecule has 0 fully saturated rings. The van der Waals surface area contributed by atoms with Crippen LogP contribution in [-0.2, 0) is 0 Å². The van der Waals surface area contributed by atoms with Gasteiger partial charge in [0.25, 0.3) is 0 Å². The number of rotatable bonds is 1. The number of hydrogen-bond acceptors (Lipinski definition) is 4. The van der Waals surface area contributed by atoms with Gasteiger partial charge in [-0.1, -0.05) is 0 Å². The fourth-order valence-corrected chi connectivity index (χ4v) is 0.824. The second kappa shape index (κ2) is 2.86. The molecular weight excluding hydrogens is 188 g/mol. The van der Waals surface area contributed by atoms with E-state index in [1.807, 2.05) is 0 Å². The molecule has 0 amide bonds. The minimum Gasteiger partial charge on any atom is -0.507 e. The van der Waals surface area contributed by atoms with Crippen molar-refractivity contribution in [3.8, 4) is 5.75 Å². The summed E-state index contributed by atoms with van der Waals surface area (Å²) < 4.78 is 4.22. The van der Waals surface area contributed by atoms with Gasteiger partial charge >= 0.3 is 11.6 Å². The van der Waals surface area contributed by atoms with Gasteiger partial charge in [0.15, 0.2) is 5.56 Å². The third kappa shape index (κ3) is 1.40. The Morgan fingerprint density at radius 1 is 1.58 bits per heavy atom. The van der Waals surface area contributed by atoms with Gasteiger partial charge in [-0.3, -0.25) is 0 Å². The molecule has 1 aromatic rings. The van der Waals surface area contributed by atoms with E-state index in [4.69, 9.17) is 21.8 Å². The summed E-state index contributed by atoms with van der Waals surface area (Å²) in [5.74, 6) is -2.26. The van der Waals surface area contributed by atoms with E-state index >= 15 is 0 Å². The predicted octanol–water partition coefficient (Wildman–Crippen LogP) is 0.697. The van der Waals surface area contributed by atoms with Crippen LogP contribution in [0.3, 0.4) is 0 Å². The van der Waals surface area contributed by atoms with Crippen LogP contribution in [0.1, 0.15) is 10.4 Å². The summed E-state index contributed by atoms with van der Waals surface area (Å²) in [5.41, 5.74) is -1.99. The highest BCUT2D eigenvalue weighted by atomic mass is 35.5. The molecule has 64 valence electrons. The van der Waals surface area contributed by atoms with E-state index in [9.17, 15) is 9.59 Å². The van der Waals surface area contributed by atoms with Gasteiger partial charge in [-0.2, -0.15) is 0 Å². The van der Waals surface area contributed by atoms with Gasteiger partial charge in [-0.05, 0) is 11.6 Å². The maximum absolute atomic E-state index is 10.7. The van der Waals surface area contributed by atoms with Crippen LogP contribution in [0.4, 0.5) is 0 Å². The van der Waals surface area contributed by atoms with Crippen molar-refractivity contribution in [2.45, 2.75) is 0 Å². The highest BCUT2D eigenvalue weighted by Gasteiger charge is 2.16. The molecule has 0 aliphatic carbocycles. The number of carbonyl (C=O) groups is 1. The molecule has 0 aliphatic heterocycles. The number of aromatic carboxylic acids is 1. The minimum atomic E-state index is -1.56. The van der Waals surface area contributed by atoms with Crippen molar-refractivity contribution in [2.24, 2.45) is 0 Å². The molecule has 0 bridgehead atoms. The molecule has 1 heterocycles. The molecule has 0 radical (unpaired) electrons. The number of carboxylic acid groups (broad SMARTS) is 1. The lowest BCUT2D eigenvalue weighted by atomic mass is 10.3. The lowest BCUT2D eigenvalue weighted by Crippen LogP contribution is -2.13. The zero-order chi connectivity index (χ0) is 9.30. The summed E-state index contributed by atoms with van der Waals surface area (Å²) in [6, 6.07) is 0.840. The van der Waals surface area contributed by atoms with E-state index in [-0.39, 0.29) is 5.22 Å². The maximum atomic E-state index is 10.7. The van der Waals surface area contributed by atoms with E-state index in [0.29, 0.717) is 0 Å². The van der Waals surface area contributed by atoms with Crippen LogP contribution in [0.5, 0.6) is 5.75 Å². The molecule has 0 aliphatic rings. The van der Waals surface area contributed by atoms with Crippen LogP contribution in [-0.4, -0.2) is 16.2 Å². The molecule has 5 nitrogen and oxygen atoms in total. The average Bonchev–Trinajstić information content (AvgIpc) is 1.82. The van der Waals surface area contributed by atoms with E-state index in [0.717, 1.165) is 6.07 Å². The van der Waals surface area contributed by atoms with Crippen molar-refractivity contribution in [3.05, 3.63) is 27.3 Å². The molecule has 1 aromatic heterocycles. The van der Waals surface area contributed by atoms with Crippen LogP contribution < -0.4 is 5.63 Å². The third-order valence-electron chi connectivity index (χ3n) is 1.11. The third-order valence-corrected chi connectivity index (χ3v) is 1.30. The Labute approximate surface area is 70.8 Å². The Morgan fingerprint density at radius 3 is 2.58 bits per heavy atom. The minimum absolute atomic E-state index is 0.359. The molecule has 6 heteroatoms. The highest BCUT2D eigenvalue weighted by molar-refractivity contribution is 6.29. The van der Waals surface area contributed by atoms with Gasteiger partial charge in [-0.25, -0.2) is 9.59 Å².